The van der Waals surface area contributed by atoms with E-state index in [-0.39, 0.29) is 0 Å². The first kappa shape index (κ1) is 115. The molecular weight excluding hydrogens is 1560 g/mol. The normalized spacial score (nSPS) is 18.4. The van der Waals surface area contributed by atoms with E-state index in [1.165, 1.54) is 635 Å². The van der Waals surface area contributed by atoms with Crippen molar-refractivity contribution in [1.29, 1.82) is 0 Å². The van der Waals surface area contributed by atoms with E-state index in [0.717, 1.165) is 11.8 Å². The molecule has 8 bridgehead atoms. The van der Waals surface area contributed by atoms with Crippen molar-refractivity contribution in [2.45, 2.75) is 630 Å². The fourth-order valence-corrected chi connectivity index (χ4v) is 22.3. The summed E-state index contributed by atoms with van der Waals surface area (Å²) in [5, 5.41) is 0. The molecule has 0 saturated heterocycles. The molecule has 0 N–H and O–H groups in total. The molecule has 3 fully saturated rings. The van der Waals surface area contributed by atoms with Crippen molar-refractivity contribution >= 4 is 0 Å². The Kier molecular flexibility index (Phi) is 77.6. The summed E-state index contributed by atoms with van der Waals surface area (Å²) in [6.07, 6.45) is 138. The Bertz CT molecular complexity index is 2710. The van der Waals surface area contributed by atoms with Gasteiger partial charge >= 0.3 is 0 Å². The second kappa shape index (κ2) is 87.8. The quantitative estimate of drug-likeness (QED) is 0.0388. The average Bonchev–Trinajstić information content (AvgIpc) is 0.924. The van der Waals surface area contributed by atoms with Gasteiger partial charge in [-0.15, -0.1) is 0 Å². The molecule has 0 nitrogen and oxygen atoms in total. The first-order valence-corrected chi connectivity index (χ1v) is 60.0. The molecule has 0 amide bonds. The van der Waals surface area contributed by atoms with Gasteiger partial charge in [0.05, 0.1) is 0 Å². The zero-order valence-electron chi connectivity index (χ0n) is 87.6. The molecule has 0 spiro atoms. The molecule has 0 atom stereocenters. The fourth-order valence-electron chi connectivity index (χ4n) is 22.3. The second-order valence-corrected chi connectivity index (χ2v) is 43.5. The first-order chi connectivity index (χ1) is 64.6. The third-order valence-corrected chi connectivity index (χ3v) is 31.4. The van der Waals surface area contributed by atoms with Crippen molar-refractivity contribution in [3.05, 3.63) is 177 Å². The van der Waals surface area contributed by atoms with Gasteiger partial charge in [0.1, 0.15) is 0 Å². The lowest BCUT2D eigenvalue weighted by Gasteiger charge is -2.28. The van der Waals surface area contributed by atoms with Gasteiger partial charge in [0.15, 0.2) is 0 Å². The molecular formula is C130H220. The average molecular weight is 1780 g/mol. The minimum atomic E-state index is 1.08. The van der Waals surface area contributed by atoms with Crippen LogP contribution < -0.4 is 0 Å². The number of hydrogen-bond donors (Lipinski definition) is 0. The van der Waals surface area contributed by atoms with Crippen LogP contribution >= 0.6 is 0 Å². The number of unbranched alkanes of at least 4 members (excludes halogenated alkanes) is 26. The topological polar surface area (TPSA) is 0 Å². The third-order valence-electron chi connectivity index (χ3n) is 31.4. The molecule has 130 heavy (non-hydrogen) atoms. The van der Waals surface area contributed by atoms with Crippen LogP contribution in [0.1, 0.15) is 622 Å². The van der Waals surface area contributed by atoms with Crippen LogP contribution in [-0.4, -0.2) is 0 Å². The Hall–Kier alpha value is -3.90. The number of benzene rings is 5. The number of aryl methyl sites for hydroxylation is 10. The molecule has 740 valence electrons. The Balaban J connectivity index is 0.000000258. The smallest absolute Gasteiger partial charge is 0.0279 e. The van der Waals surface area contributed by atoms with E-state index >= 15 is 0 Å². The molecule has 11 aliphatic carbocycles. The summed E-state index contributed by atoms with van der Waals surface area (Å²) >= 11 is 0. The van der Waals surface area contributed by atoms with Crippen LogP contribution in [0.25, 0.3) is 0 Å². The minimum Gasteiger partial charge on any atom is -0.0654 e. The highest BCUT2D eigenvalue weighted by Crippen LogP contribution is 2.35. The highest BCUT2D eigenvalue weighted by atomic mass is 14.3. The molecule has 0 radical (unpaired) electrons. The van der Waals surface area contributed by atoms with Crippen molar-refractivity contribution in [1.82, 2.24) is 0 Å². The molecule has 0 aliphatic heterocycles. The van der Waals surface area contributed by atoms with E-state index in [2.05, 4.69) is 135 Å². The van der Waals surface area contributed by atoms with Crippen LogP contribution in [0, 0.1) is 11.8 Å². The zero-order chi connectivity index (χ0) is 91.0. The zero-order valence-corrected chi connectivity index (χ0v) is 87.6. The van der Waals surface area contributed by atoms with Gasteiger partial charge in [-0.3, -0.25) is 0 Å². The van der Waals surface area contributed by atoms with Gasteiger partial charge in [0.2, 0.25) is 0 Å². The van der Waals surface area contributed by atoms with Gasteiger partial charge < -0.3 is 0 Å². The summed E-state index contributed by atoms with van der Waals surface area (Å²) < 4.78 is 0. The second-order valence-electron chi connectivity index (χ2n) is 43.5. The molecule has 5 aromatic rings. The summed E-state index contributed by atoms with van der Waals surface area (Å²) in [7, 11) is 0. The Morgan fingerprint density at radius 1 is 0.131 bits per heavy atom. The maximum atomic E-state index is 2.40. The summed E-state index contributed by atoms with van der Waals surface area (Å²) in [4.78, 5) is 0. The lowest BCUT2D eigenvalue weighted by molar-refractivity contribution is 0.234. The molecule has 16 rings (SSSR count). The van der Waals surface area contributed by atoms with Crippen LogP contribution in [0.2, 0.25) is 0 Å². The summed E-state index contributed by atoms with van der Waals surface area (Å²) in [5.74, 6) is 2.15. The van der Waals surface area contributed by atoms with Crippen molar-refractivity contribution in [3.63, 3.8) is 0 Å². The van der Waals surface area contributed by atoms with Gasteiger partial charge in [0.25, 0.3) is 0 Å². The Labute approximate surface area is 813 Å². The predicted molar refractivity (Wildman–Crippen MR) is 585 cm³/mol. The molecule has 0 unspecified atom stereocenters. The van der Waals surface area contributed by atoms with Gasteiger partial charge in [-0.05, 0) is 196 Å². The van der Waals surface area contributed by atoms with Gasteiger partial charge in [-0.25, -0.2) is 0 Å². The molecule has 5 aromatic carbocycles. The van der Waals surface area contributed by atoms with E-state index in [1.54, 1.807) is 36.8 Å². The molecule has 11 aliphatic rings. The first-order valence-electron chi connectivity index (χ1n) is 60.0. The molecule has 0 aromatic heterocycles. The van der Waals surface area contributed by atoms with E-state index in [1.807, 2.05) is 0 Å². The van der Waals surface area contributed by atoms with E-state index < -0.39 is 0 Å². The van der Waals surface area contributed by atoms with Gasteiger partial charge in [0, 0.05) is 0 Å². The van der Waals surface area contributed by atoms with Gasteiger partial charge in [-0.1, -0.05) is 623 Å². The maximum absolute atomic E-state index is 2.40. The Morgan fingerprint density at radius 2 is 0.246 bits per heavy atom. The number of rotatable bonds is 31. The maximum Gasteiger partial charge on any atom is -0.0279 e. The Morgan fingerprint density at radius 3 is 0.385 bits per heavy atom. The van der Waals surface area contributed by atoms with E-state index in [0.29, 0.717) is 0 Å². The lowest BCUT2D eigenvalue weighted by Crippen LogP contribution is -2.16. The van der Waals surface area contributed by atoms with Crippen molar-refractivity contribution < 1.29 is 0 Å². The van der Waals surface area contributed by atoms with E-state index in [4.69, 9.17) is 0 Å². The van der Waals surface area contributed by atoms with Crippen LogP contribution in [0.4, 0.5) is 0 Å². The van der Waals surface area contributed by atoms with E-state index in [9.17, 15) is 0 Å². The number of hydrogen-bond acceptors (Lipinski definition) is 0. The van der Waals surface area contributed by atoms with Gasteiger partial charge in [-0.2, -0.15) is 0 Å². The largest absolute Gasteiger partial charge is 0.0654 e. The highest BCUT2D eigenvalue weighted by molar-refractivity contribution is 5.26. The minimum absolute atomic E-state index is 1.08. The highest BCUT2D eigenvalue weighted by Gasteiger charge is 2.22. The van der Waals surface area contributed by atoms with Crippen molar-refractivity contribution in [2.24, 2.45) is 11.8 Å². The molecule has 0 heterocycles. The standard InChI is InChI=1S/C38H70.C30H44.C26H36.C24H46.C12H24/c1-3-5-7-9-11-13-15-17-19-21-23-25-27-29-31-37-33-35-38(36-34-37)32-30-28-26-24-22-20-18-16-14-12-10-8-6-4-2;1-3-7-11-15-27-19-23-29(24-20-27)17-13-9-5-2-6-10-14-18-30-25-21-28(22-26-30)16-12-8-4-1;1-3-7-11-23-15-19-25(20-16-23)13-9-5-2-6-10-14-26-21-17-24(18-22-26)12-8-4-1;1-3-7-11-15-19-23(20-16-12-8-4-1)24-21-17-13-9-5-2-6-10-14-18-22-24;1-2-4-6-8-10-12-11-9-7-5-3-1/h33-36H,3-32H2,1-2H3;19-26H,1-18H2;15-22H,1-14H2;23-24H,1-22H2;1-12H2. The molecule has 3 saturated carbocycles. The summed E-state index contributed by atoms with van der Waals surface area (Å²) in [6, 6.07) is 47.6. The van der Waals surface area contributed by atoms with Crippen molar-refractivity contribution in [2.75, 3.05) is 0 Å². The fraction of sp³-hybridized carbons (Fsp3) is 0.769. The van der Waals surface area contributed by atoms with Crippen molar-refractivity contribution in [3.8, 4) is 0 Å². The summed E-state index contributed by atoms with van der Waals surface area (Å²) in [6.45, 7) is 4.61. The van der Waals surface area contributed by atoms with Crippen LogP contribution in [-0.2, 0) is 64.2 Å². The monoisotopic (exact) mass is 1780 g/mol. The van der Waals surface area contributed by atoms with Crippen LogP contribution in [0.3, 0.4) is 0 Å². The summed E-state index contributed by atoms with van der Waals surface area (Å²) in [5.41, 5.74) is 15.3. The molecule has 0 heteroatoms. The third kappa shape index (κ3) is 68.2. The predicted octanol–water partition coefficient (Wildman–Crippen LogP) is 43.7. The lowest BCUT2D eigenvalue weighted by atomic mass is 9.77. The van der Waals surface area contributed by atoms with Crippen LogP contribution in [0.5, 0.6) is 0 Å². The van der Waals surface area contributed by atoms with Crippen LogP contribution in [0.15, 0.2) is 121 Å². The SMILES string of the molecule is C1CCCCCC(C2CCCCCCCCCCC2)CCCCC1.C1CCCCCCCCCCC1.CCCCCCCCCCCCCCCCc1ccc(CCCCCCCCCCCCCCCC)cc1.c1cc2ccc1CCCCCCCCCc1ccc(cc1)CCCCCCCCC2.c1cc2ccc1CCCCCCCc1ccc(cc1)CCCCCCC2.